The molecule has 6 nitrogen and oxygen atoms in total. The van der Waals surface area contributed by atoms with Crippen molar-refractivity contribution >= 4 is 16.9 Å². The van der Waals surface area contributed by atoms with Gasteiger partial charge >= 0.3 is 5.69 Å². The van der Waals surface area contributed by atoms with Crippen LogP contribution in [0.25, 0.3) is 11.0 Å². The van der Waals surface area contributed by atoms with E-state index in [2.05, 4.69) is 9.88 Å². The minimum absolute atomic E-state index is 0.0252. The number of aromatic nitrogens is 2. The first-order valence-corrected chi connectivity index (χ1v) is 10.3. The van der Waals surface area contributed by atoms with Crippen LogP contribution in [0.1, 0.15) is 51.0 Å². The van der Waals surface area contributed by atoms with Crippen LogP contribution in [0.3, 0.4) is 0 Å². The lowest BCUT2D eigenvalue weighted by atomic mass is 9.94. The van der Waals surface area contributed by atoms with Crippen molar-refractivity contribution < 1.29 is 4.79 Å². The third-order valence-corrected chi connectivity index (χ3v) is 6.42. The van der Waals surface area contributed by atoms with Crippen molar-refractivity contribution in [2.75, 3.05) is 26.7 Å². The fraction of sp³-hybridized carbons (Fsp3) is 0.619. The minimum Gasteiger partial charge on any atom is -0.342 e. The van der Waals surface area contributed by atoms with E-state index in [0.29, 0.717) is 12.6 Å². The van der Waals surface area contributed by atoms with Gasteiger partial charge in [-0.1, -0.05) is 31.4 Å². The van der Waals surface area contributed by atoms with Gasteiger partial charge in [0.15, 0.2) is 0 Å². The van der Waals surface area contributed by atoms with E-state index in [-0.39, 0.29) is 17.6 Å². The number of H-pyrrole nitrogens is 1. The quantitative estimate of drug-likeness (QED) is 0.900. The van der Waals surface area contributed by atoms with Crippen LogP contribution in [0.15, 0.2) is 29.1 Å². The third kappa shape index (κ3) is 3.81. The maximum absolute atomic E-state index is 12.7. The largest absolute Gasteiger partial charge is 0.342 e. The van der Waals surface area contributed by atoms with E-state index in [4.69, 9.17) is 0 Å². The maximum atomic E-state index is 12.7. The molecule has 0 unspecified atom stereocenters. The van der Waals surface area contributed by atoms with Crippen LogP contribution in [0.2, 0.25) is 0 Å². The van der Waals surface area contributed by atoms with Gasteiger partial charge in [-0.15, -0.1) is 0 Å². The highest BCUT2D eigenvalue weighted by Crippen LogP contribution is 2.25. The summed E-state index contributed by atoms with van der Waals surface area (Å²) < 4.78 is 1.91. The van der Waals surface area contributed by atoms with Gasteiger partial charge in [0.25, 0.3) is 0 Å². The number of aromatic amines is 1. The van der Waals surface area contributed by atoms with Crippen molar-refractivity contribution in [1.29, 1.82) is 0 Å². The van der Waals surface area contributed by atoms with Gasteiger partial charge in [-0.2, -0.15) is 0 Å². The fourth-order valence-corrected chi connectivity index (χ4v) is 4.75. The molecule has 27 heavy (non-hydrogen) atoms. The summed E-state index contributed by atoms with van der Waals surface area (Å²) in [6.07, 6.45) is 7.89. The number of imidazole rings is 1. The van der Waals surface area contributed by atoms with Crippen LogP contribution in [0.5, 0.6) is 0 Å². The number of benzene rings is 1. The summed E-state index contributed by atoms with van der Waals surface area (Å²) in [6.45, 7) is 2.23. The molecule has 4 rings (SSSR count). The van der Waals surface area contributed by atoms with E-state index < -0.39 is 0 Å². The van der Waals surface area contributed by atoms with Crippen LogP contribution < -0.4 is 5.69 Å². The van der Waals surface area contributed by atoms with Gasteiger partial charge in [0.1, 0.15) is 0 Å². The van der Waals surface area contributed by atoms with Gasteiger partial charge in [-0.3, -0.25) is 14.3 Å². The number of amides is 1. The van der Waals surface area contributed by atoms with Crippen molar-refractivity contribution in [3.05, 3.63) is 34.7 Å². The molecule has 0 atom stereocenters. The van der Waals surface area contributed by atoms with Crippen LogP contribution in [0.4, 0.5) is 0 Å². The summed E-state index contributed by atoms with van der Waals surface area (Å²) in [7, 11) is 1.97. The minimum atomic E-state index is -0.0252. The Kier molecular flexibility index (Phi) is 5.34. The van der Waals surface area contributed by atoms with Gasteiger partial charge in [-0.25, -0.2) is 4.79 Å². The average molecular weight is 370 g/mol. The van der Waals surface area contributed by atoms with E-state index >= 15 is 0 Å². The van der Waals surface area contributed by atoms with E-state index in [9.17, 15) is 9.59 Å². The molecule has 0 bridgehead atoms. The molecular weight excluding hydrogens is 340 g/mol. The number of rotatable bonds is 4. The zero-order valence-corrected chi connectivity index (χ0v) is 16.2. The number of likely N-dealkylation sites (N-methyl/N-ethyl adjacent to an activating group) is 1. The van der Waals surface area contributed by atoms with Crippen molar-refractivity contribution in [3.8, 4) is 0 Å². The van der Waals surface area contributed by atoms with Gasteiger partial charge in [-0.05, 0) is 37.8 Å². The molecule has 2 fully saturated rings. The molecule has 6 heteroatoms. The van der Waals surface area contributed by atoms with Crippen LogP contribution >= 0.6 is 0 Å². The molecule has 2 aromatic rings. The van der Waals surface area contributed by atoms with Gasteiger partial charge in [0.05, 0.1) is 17.6 Å². The molecule has 0 radical (unpaired) electrons. The Balaban J connectivity index is 1.35. The Labute approximate surface area is 160 Å². The Hall–Kier alpha value is -2.08. The number of nitrogens with zero attached hydrogens (tertiary/aromatic N) is 3. The summed E-state index contributed by atoms with van der Waals surface area (Å²) in [4.78, 5) is 32.2. The van der Waals surface area contributed by atoms with Crippen molar-refractivity contribution in [1.82, 2.24) is 19.4 Å². The Morgan fingerprint density at radius 2 is 1.81 bits per heavy atom. The Morgan fingerprint density at radius 3 is 2.56 bits per heavy atom. The monoisotopic (exact) mass is 370 g/mol. The Morgan fingerprint density at radius 1 is 1.11 bits per heavy atom. The molecule has 2 heterocycles. The normalized spacial score (nSPS) is 20.2. The number of para-hydroxylation sites is 2. The highest BCUT2D eigenvalue weighted by molar-refractivity contribution is 5.78. The highest BCUT2D eigenvalue weighted by atomic mass is 16.2. The molecule has 1 N–H and O–H groups in total. The summed E-state index contributed by atoms with van der Waals surface area (Å²) in [6, 6.07) is 8.50. The summed E-state index contributed by atoms with van der Waals surface area (Å²) in [5, 5.41) is 0. The topological polar surface area (TPSA) is 61.3 Å². The molecule has 146 valence electrons. The van der Waals surface area contributed by atoms with Gasteiger partial charge < -0.3 is 9.88 Å². The van der Waals surface area contributed by atoms with E-state index in [0.717, 1.165) is 49.8 Å². The second-order valence-electron chi connectivity index (χ2n) is 8.12. The third-order valence-electron chi connectivity index (χ3n) is 6.42. The van der Waals surface area contributed by atoms with Crippen LogP contribution in [-0.4, -0.2) is 58.0 Å². The lowest BCUT2D eigenvalue weighted by Crippen LogP contribution is -2.46. The second kappa shape index (κ2) is 7.89. The molecule has 1 saturated carbocycles. The number of hydrogen-bond acceptors (Lipinski definition) is 3. The number of piperidine rings is 1. The molecule has 1 aliphatic heterocycles. The summed E-state index contributed by atoms with van der Waals surface area (Å²) in [5.74, 6) is 0.240. The molecule has 1 aliphatic carbocycles. The Bertz CT molecular complexity index is 841. The highest BCUT2D eigenvalue weighted by Gasteiger charge is 2.27. The van der Waals surface area contributed by atoms with Crippen LogP contribution in [0, 0.1) is 0 Å². The zero-order valence-electron chi connectivity index (χ0n) is 16.2. The predicted molar refractivity (Wildman–Crippen MR) is 107 cm³/mol. The summed E-state index contributed by atoms with van der Waals surface area (Å²) in [5.41, 5.74) is 1.85. The molecule has 1 aromatic heterocycles. The number of fused-ring (bicyclic) bond motifs is 1. The van der Waals surface area contributed by atoms with E-state index in [1.165, 1.54) is 19.3 Å². The molecular formula is C21H30N4O2. The number of hydrogen-bond donors (Lipinski definition) is 1. The molecule has 1 saturated heterocycles. The van der Waals surface area contributed by atoms with Crippen LogP contribution in [-0.2, 0) is 4.79 Å². The molecule has 1 amide bonds. The second-order valence-corrected chi connectivity index (χ2v) is 8.12. The average Bonchev–Trinajstić information content (AvgIpc) is 3.04. The molecule has 2 aliphatic rings. The van der Waals surface area contributed by atoms with Gasteiger partial charge in [0, 0.05) is 32.2 Å². The number of nitrogens with one attached hydrogen (secondary N) is 1. The molecule has 0 spiro atoms. The fourth-order valence-electron chi connectivity index (χ4n) is 4.75. The first-order chi connectivity index (χ1) is 13.1. The van der Waals surface area contributed by atoms with Gasteiger partial charge in [0.2, 0.25) is 5.91 Å². The first-order valence-electron chi connectivity index (χ1n) is 10.3. The zero-order chi connectivity index (χ0) is 18.8. The van der Waals surface area contributed by atoms with E-state index in [1.807, 2.05) is 40.8 Å². The number of carbonyl (C=O) groups is 1. The maximum Gasteiger partial charge on any atom is 0.326 e. The SMILES string of the molecule is CN(C(=O)CN1CCC(n2c(=O)[nH]c3ccccc32)CC1)C1CCCCC1. The predicted octanol–water partition coefficient (Wildman–Crippen LogP) is 2.76. The lowest BCUT2D eigenvalue weighted by molar-refractivity contribution is -0.134. The number of carbonyl (C=O) groups excluding carboxylic acids is 1. The first kappa shape index (κ1) is 18.3. The van der Waals surface area contributed by atoms with Crippen molar-refractivity contribution in [2.24, 2.45) is 0 Å². The van der Waals surface area contributed by atoms with E-state index in [1.54, 1.807) is 0 Å². The van der Waals surface area contributed by atoms with Crippen molar-refractivity contribution in [3.63, 3.8) is 0 Å². The number of likely N-dealkylation sites (tertiary alicyclic amines) is 1. The van der Waals surface area contributed by atoms with Crippen molar-refractivity contribution in [2.45, 2.75) is 57.0 Å². The molecule has 1 aromatic carbocycles. The lowest BCUT2D eigenvalue weighted by Gasteiger charge is -2.35. The summed E-state index contributed by atoms with van der Waals surface area (Å²) >= 11 is 0. The standard InChI is InChI=1S/C21H30N4O2/c1-23(16-7-3-2-4-8-16)20(26)15-24-13-11-17(12-14-24)25-19-10-6-5-9-18(19)22-21(25)27/h5-6,9-10,16-17H,2-4,7-8,11-15H2,1H3,(H,22,27). The smallest absolute Gasteiger partial charge is 0.326 e.